The van der Waals surface area contributed by atoms with Gasteiger partial charge in [0.1, 0.15) is 0 Å². The number of hydrogen-bond donors (Lipinski definition) is 3. The molecule has 1 aromatic carbocycles. The van der Waals surface area contributed by atoms with E-state index in [0.717, 1.165) is 31.0 Å². The molecule has 2 aromatic rings. The zero-order valence-electron chi connectivity index (χ0n) is 11.4. The third-order valence-electron chi connectivity index (χ3n) is 3.79. The summed E-state index contributed by atoms with van der Waals surface area (Å²) >= 11 is 0. The van der Waals surface area contributed by atoms with E-state index in [1.807, 2.05) is 24.3 Å². The fourth-order valence-electron chi connectivity index (χ4n) is 2.62. The largest absolute Gasteiger partial charge is 0.385 e. The van der Waals surface area contributed by atoms with Gasteiger partial charge >= 0.3 is 5.69 Å². The van der Waals surface area contributed by atoms with Crippen molar-refractivity contribution in [1.82, 2.24) is 14.9 Å². The van der Waals surface area contributed by atoms with Crippen LogP contribution in [0.5, 0.6) is 0 Å². The number of benzene rings is 1. The molecule has 0 aliphatic carbocycles. The molecule has 2 heterocycles. The molecule has 1 aliphatic rings. The highest BCUT2D eigenvalue weighted by Crippen LogP contribution is 2.15. The molecule has 1 unspecified atom stereocenters. The highest BCUT2D eigenvalue weighted by Gasteiger charge is 2.12. The van der Waals surface area contributed by atoms with E-state index in [4.69, 9.17) is 0 Å². The van der Waals surface area contributed by atoms with Crippen molar-refractivity contribution in [2.45, 2.75) is 12.8 Å². The van der Waals surface area contributed by atoms with Crippen molar-refractivity contribution < 1.29 is 0 Å². The molecule has 5 nitrogen and oxygen atoms in total. The lowest BCUT2D eigenvalue weighted by atomic mass is 10.00. The van der Waals surface area contributed by atoms with Crippen molar-refractivity contribution in [2.75, 3.05) is 25.0 Å². The third-order valence-corrected chi connectivity index (χ3v) is 3.79. The number of H-pyrrole nitrogens is 1. The second-order valence-electron chi connectivity index (χ2n) is 5.28. The monoisotopic (exact) mass is 272 g/mol. The van der Waals surface area contributed by atoms with Gasteiger partial charge < -0.3 is 15.6 Å². The molecular formula is C15H20N4O. The van der Waals surface area contributed by atoms with E-state index in [0.29, 0.717) is 5.92 Å². The average Bonchev–Trinajstić information content (AvgIpc) is 2.93. The quantitative estimate of drug-likeness (QED) is 0.792. The van der Waals surface area contributed by atoms with Crippen LogP contribution in [-0.4, -0.2) is 29.2 Å². The van der Waals surface area contributed by atoms with Crippen LogP contribution in [0.2, 0.25) is 0 Å². The van der Waals surface area contributed by atoms with Crippen LogP contribution < -0.4 is 16.3 Å². The van der Waals surface area contributed by atoms with Crippen molar-refractivity contribution >= 4 is 5.69 Å². The predicted molar refractivity (Wildman–Crippen MR) is 80.5 cm³/mol. The van der Waals surface area contributed by atoms with Crippen LogP contribution >= 0.6 is 0 Å². The maximum Gasteiger partial charge on any atom is 0.330 e. The van der Waals surface area contributed by atoms with Gasteiger partial charge in [0, 0.05) is 24.6 Å². The molecule has 20 heavy (non-hydrogen) atoms. The minimum Gasteiger partial charge on any atom is -0.385 e. The van der Waals surface area contributed by atoms with Gasteiger partial charge in [0.15, 0.2) is 0 Å². The first kappa shape index (κ1) is 13.0. The molecule has 0 spiro atoms. The average molecular weight is 272 g/mol. The summed E-state index contributed by atoms with van der Waals surface area (Å²) in [7, 11) is 0. The Balaban J connectivity index is 1.61. The molecule has 1 atom stereocenters. The van der Waals surface area contributed by atoms with Crippen LogP contribution in [0.1, 0.15) is 12.8 Å². The van der Waals surface area contributed by atoms with E-state index in [2.05, 4.69) is 15.6 Å². The Kier molecular flexibility index (Phi) is 3.87. The molecule has 0 saturated carbocycles. The summed E-state index contributed by atoms with van der Waals surface area (Å²) < 4.78 is 1.59. The highest BCUT2D eigenvalue weighted by atomic mass is 16.1. The fraction of sp³-hybridized carbons (Fsp3) is 0.400. The number of anilines is 1. The Morgan fingerprint density at radius 1 is 1.30 bits per heavy atom. The fourth-order valence-corrected chi connectivity index (χ4v) is 2.62. The first-order valence-electron chi connectivity index (χ1n) is 7.14. The molecule has 0 bridgehead atoms. The second-order valence-corrected chi connectivity index (χ2v) is 5.28. The predicted octanol–water partition coefficient (Wildman–Crippen LogP) is 1.58. The first-order chi connectivity index (χ1) is 9.83. The molecule has 106 valence electrons. The summed E-state index contributed by atoms with van der Waals surface area (Å²) in [5.41, 5.74) is 1.86. The van der Waals surface area contributed by atoms with Crippen molar-refractivity contribution in [3.8, 4) is 5.69 Å². The van der Waals surface area contributed by atoms with E-state index < -0.39 is 0 Å². The minimum absolute atomic E-state index is 0.112. The van der Waals surface area contributed by atoms with Crippen molar-refractivity contribution in [1.29, 1.82) is 0 Å². The van der Waals surface area contributed by atoms with E-state index >= 15 is 0 Å². The molecule has 0 amide bonds. The summed E-state index contributed by atoms with van der Waals surface area (Å²) in [6, 6.07) is 7.95. The lowest BCUT2D eigenvalue weighted by Gasteiger charge is -2.23. The maximum atomic E-state index is 11.5. The zero-order chi connectivity index (χ0) is 13.8. The molecule has 1 aliphatic heterocycles. The molecule has 1 aromatic heterocycles. The van der Waals surface area contributed by atoms with Gasteiger partial charge in [-0.1, -0.05) is 0 Å². The Hall–Kier alpha value is -2.01. The lowest BCUT2D eigenvalue weighted by Crippen LogP contribution is -2.33. The van der Waals surface area contributed by atoms with Gasteiger partial charge in [-0.2, -0.15) is 0 Å². The Bertz CT molecular complexity index is 593. The van der Waals surface area contributed by atoms with Gasteiger partial charge in [-0.15, -0.1) is 0 Å². The van der Waals surface area contributed by atoms with Gasteiger partial charge in [0.05, 0.1) is 5.69 Å². The molecular weight excluding hydrogens is 252 g/mol. The van der Waals surface area contributed by atoms with Crippen LogP contribution in [0.25, 0.3) is 5.69 Å². The van der Waals surface area contributed by atoms with Crippen LogP contribution in [0.4, 0.5) is 5.69 Å². The van der Waals surface area contributed by atoms with Gasteiger partial charge in [0.25, 0.3) is 0 Å². The van der Waals surface area contributed by atoms with Gasteiger partial charge in [-0.3, -0.25) is 4.57 Å². The number of aromatic nitrogens is 2. The summed E-state index contributed by atoms with van der Waals surface area (Å²) in [6.07, 6.45) is 5.93. The minimum atomic E-state index is -0.112. The van der Waals surface area contributed by atoms with Gasteiger partial charge in [0.2, 0.25) is 0 Å². The van der Waals surface area contributed by atoms with E-state index in [-0.39, 0.29) is 5.69 Å². The molecule has 5 heteroatoms. The summed E-state index contributed by atoms with van der Waals surface area (Å²) in [5.74, 6) is 0.704. The number of aromatic amines is 1. The Morgan fingerprint density at radius 3 is 2.80 bits per heavy atom. The van der Waals surface area contributed by atoms with Crippen molar-refractivity contribution in [2.24, 2.45) is 5.92 Å². The molecule has 1 saturated heterocycles. The highest BCUT2D eigenvalue weighted by molar-refractivity contribution is 5.48. The normalized spacial score (nSPS) is 18.9. The number of imidazole rings is 1. The van der Waals surface area contributed by atoms with Gasteiger partial charge in [-0.25, -0.2) is 4.79 Å². The van der Waals surface area contributed by atoms with Crippen LogP contribution in [0.3, 0.4) is 0 Å². The number of hydrogen-bond acceptors (Lipinski definition) is 3. The molecule has 0 radical (unpaired) electrons. The van der Waals surface area contributed by atoms with Crippen LogP contribution in [0.15, 0.2) is 41.5 Å². The van der Waals surface area contributed by atoms with Crippen LogP contribution in [-0.2, 0) is 0 Å². The molecule has 3 rings (SSSR count). The number of rotatable bonds is 4. The van der Waals surface area contributed by atoms with E-state index in [9.17, 15) is 4.79 Å². The van der Waals surface area contributed by atoms with Crippen LogP contribution in [0, 0.1) is 5.92 Å². The standard InChI is InChI=1S/C15H20N4O/c20-15-17-8-9-19(15)14-5-3-13(4-6-14)18-11-12-2-1-7-16-10-12/h3-6,8-9,12,16,18H,1-2,7,10-11H2,(H,17,20). The topological polar surface area (TPSA) is 61.9 Å². The zero-order valence-corrected chi connectivity index (χ0v) is 11.4. The lowest BCUT2D eigenvalue weighted by molar-refractivity contribution is 0.393. The molecule has 1 fully saturated rings. The van der Waals surface area contributed by atoms with Crippen molar-refractivity contribution in [3.63, 3.8) is 0 Å². The summed E-state index contributed by atoms with van der Waals surface area (Å²) in [6.45, 7) is 3.25. The maximum absolute atomic E-state index is 11.5. The summed E-state index contributed by atoms with van der Waals surface area (Å²) in [5, 5.41) is 6.89. The number of piperidine rings is 1. The first-order valence-corrected chi connectivity index (χ1v) is 7.14. The van der Waals surface area contributed by atoms with E-state index in [1.165, 1.54) is 12.8 Å². The number of nitrogens with one attached hydrogen (secondary N) is 3. The van der Waals surface area contributed by atoms with Gasteiger partial charge in [-0.05, 0) is 56.1 Å². The molecule has 3 N–H and O–H groups in total. The SMILES string of the molecule is O=c1[nH]ccn1-c1ccc(NCC2CCCNC2)cc1. The van der Waals surface area contributed by atoms with Crippen molar-refractivity contribution in [3.05, 3.63) is 47.1 Å². The van der Waals surface area contributed by atoms with E-state index in [1.54, 1.807) is 17.0 Å². The Morgan fingerprint density at radius 2 is 2.15 bits per heavy atom. The summed E-state index contributed by atoms with van der Waals surface area (Å²) in [4.78, 5) is 14.2. The Labute approximate surface area is 118 Å². The number of nitrogens with zero attached hydrogens (tertiary/aromatic N) is 1. The third kappa shape index (κ3) is 2.93. The second kappa shape index (κ2) is 5.96. The smallest absolute Gasteiger partial charge is 0.330 e.